The molecule has 1 N–H and O–H groups in total. The molecule has 0 fully saturated rings. The van der Waals surface area contributed by atoms with Gasteiger partial charge in [-0.15, -0.1) is 0 Å². The van der Waals surface area contributed by atoms with E-state index in [0.29, 0.717) is 5.65 Å². The maximum Gasteiger partial charge on any atom is 0.312 e. The van der Waals surface area contributed by atoms with E-state index < -0.39 is 10.1 Å². The van der Waals surface area contributed by atoms with E-state index >= 15 is 0 Å². The van der Waals surface area contributed by atoms with Crippen molar-refractivity contribution in [3.05, 3.63) is 29.5 Å². The number of nitrogens with zero attached hydrogens (tertiary/aromatic N) is 2. The molecule has 0 aliphatic heterocycles. The van der Waals surface area contributed by atoms with Crippen molar-refractivity contribution >= 4 is 21.2 Å². The third-order valence-corrected chi connectivity index (χ3v) is 3.00. The van der Waals surface area contributed by atoms with Crippen LogP contribution in [0.1, 0.15) is 11.3 Å². The van der Waals surface area contributed by atoms with Crippen molar-refractivity contribution in [2.45, 2.75) is 18.9 Å². The Kier molecular flexibility index (Phi) is 2.40. The third kappa shape index (κ3) is 1.89. The van der Waals surface area contributed by atoms with Crippen LogP contribution in [0.4, 0.5) is 0 Å². The summed E-state index contributed by atoms with van der Waals surface area (Å²) in [5.74, 6) is 0. The zero-order valence-corrected chi connectivity index (χ0v) is 9.61. The van der Waals surface area contributed by atoms with E-state index in [4.69, 9.17) is 4.55 Å². The Labute approximate surface area is 92.9 Å². The monoisotopic (exact) mass is 238 g/mol. The molecule has 84 valence electrons. The molecule has 0 amide bonds. The summed E-state index contributed by atoms with van der Waals surface area (Å²) >= 11 is 0. The fourth-order valence-corrected chi connectivity index (χ4v) is 2.00. The second-order valence-electron chi connectivity index (χ2n) is 3.58. The molecule has 0 atom stereocenters. The first-order valence-corrected chi connectivity index (χ1v) is 6.04. The minimum absolute atomic E-state index is 0.327. The maximum atomic E-state index is 10.9. The summed E-state index contributed by atoms with van der Waals surface area (Å²) in [5.41, 5.74) is 2.05. The smallest absolute Gasteiger partial charge is 0.281 e. The molecule has 16 heavy (non-hydrogen) atoms. The maximum absolute atomic E-state index is 10.9. The van der Waals surface area contributed by atoms with E-state index in [2.05, 4.69) is 9.97 Å². The summed E-state index contributed by atoms with van der Waals surface area (Å²) < 4.78 is 30.7. The van der Waals surface area contributed by atoms with Crippen molar-refractivity contribution in [1.29, 1.82) is 0 Å². The molecule has 0 aliphatic rings. The van der Waals surface area contributed by atoms with E-state index in [-0.39, 0.29) is 5.03 Å². The highest BCUT2D eigenvalue weighted by atomic mass is 32.2. The van der Waals surface area contributed by atoms with Crippen LogP contribution >= 0.6 is 0 Å². The minimum Gasteiger partial charge on any atom is -0.281 e. The predicted octanol–water partition coefficient (Wildman–Crippen LogP) is 1.49. The second-order valence-corrected chi connectivity index (χ2v) is 4.94. The Bertz CT molecular complexity index is 665. The number of aryl methyl sites for hydroxylation is 2. The molecule has 0 spiro atoms. The minimum atomic E-state index is -4.27. The molecule has 0 bridgehead atoms. The zero-order valence-electron chi connectivity index (χ0n) is 8.80. The third-order valence-electron chi connectivity index (χ3n) is 2.25. The van der Waals surface area contributed by atoms with Crippen LogP contribution in [0, 0.1) is 13.8 Å². The summed E-state index contributed by atoms with van der Waals surface area (Å²) in [6.45, 7) is 3.69. The molecule has 0 saturated carbocycles. The lowest BCUT2D eigenvalue weighted by Crippen LogP contribution is -2.02. The average Bonchev–Trinajstić information content (AvgIpc) is 2.15. The Hall–Kier alpha value is -1.53. The zero-order chi connectivity index (χ0) is 11.9. The summed E-state index contributed by atoms with van der Waals surface area (Å²) in [5, 5.41) is 0.399. The van der Waals surface area contributed by atoms with Gasteiger partial charge in [0.15, 0.2) is 10.7 Å². The lowest BCUT2D eigenvalue weighted by molar-refractivity contribution is 0.479. The highest BCUT2D eigenvalue weighted by Gasteiger charge is 2.13. The summed E-state index contributed by atoms with van der Waals surface area (Å²) in [7, 11) is -4.27. The van der Waals surface area contributed by atoms with Crippen molar-refractivity contribution in [2.24, 2.45) is 0 Å². The van der Waals surface area contributed by atoms with Crippen molar-refractivity contribution in [3.8, 4) is 0 Å². The molecular formula is C10H10N2O3S. The lowest BCUT2D eigenvalue weighted by Gasteiger charge is -2.03. The highest BCUT2D eigenvalue weighted by Crippen LogP contribution is 2.18. The Morgan fingerprint density at radius 1 is 1.19 bits per heavy atom. The normalized spacial score (nSPS) is 11.9. The van der Waals surface area contributed by atoms with Gasteiger partial charge in [-0.3, -0.25) is 4.55 Å². The molecular weight excluding hydrogens is 228 g/mol. The summed E-state index contributed by atoms with van der Waals surface area (Å²) in [6, 6.07) is 4.74. The number of aromatic nitrogens is 2. The number of pyridine rings is 2. The van der Waals surface area contributed by atoms with Gasteiger partial charge in [-0.2, -0.15) is 8.42 Å². The standard InChI is InChI=1S/C10H10N2O3S/c1-6-5-7(2)11-10-8(6)3-4-9(12-10)16(13,14)15/h3-5H,1-2H3,(H,13,14,15). The fourth-order valence-electron chi connectivity index (χ4n) is 1.56. The second kappa shape index (κ2) is 3.50. The van der Waals surface area contributed by atoms with Gasteiger partial charge >= 0.3 is 10.1 Å². The molecule has 0 aliphatic carbocycles. The van der Waals surface area contributed by atoms with Crippen molar-refractivity contribution < 1.29 is 13.0 Å². The fraction of sp³-hybridized carbons (Fsp3) is 0.200. The summed E-state index contributed by atoms with van der Waals surface area (Å²) in [6.07, 6.45) is 0. The molecule has 2 rings (SSSR count). The Morgan fingerprint density at radius 2 is 1.88 bits per heavy atom. The van der Waals surface area contributed by atoms with Crippen LogP contribution in [0.25, 0.3) is 11.0 Å². The van der Waals surface area contributed by atoms with E-state index in [0.717, 1.165) is 16.6 Å². The molecule has 2 aromatic rings. The van der Waals surface area contributed by atoms with Gasteiger partial charge in [-0.25, -0.2) is 9.97 Å². The van der Waals surface area contributed by atoms with Crippen LogP contribution in [-0.2, 0) is 10.1 Å². The number of hydrogen-bond donors (Lipinski definition) is 1. The van der Waals surface area contributed by atoms with Crippen LogP contribution < -0.4 is 0 Å². The number of fused-ring (bicyclic) bond motifs is 1. The molecule has 0 aromatic carbocycles. The number of hydrogen-bond acceptors (Lipinski definition) is 4. The van der Waals surface area contributed by atoms with Crippen LogP contribution in [-0.4, -0.2) is 22.9 Å². The van der Waals surface area contributed by atoms with Gasteiger partial charge in [-0.1, -0.05) is 0 Å². The molecule has 0 radical (unpaired) electrons. The molecule has 6 heteroatoms. The van der Waals surface area contributed by atoms with Gasteiger partial charge in [0.1, 0.15) is 0 Å². The number of rotatable bonds is 1. The van der Waals surface area contributed by atoms with Gasteiger partial charge in [0.05, 0.1) is 0 Å². The van der Waals surface area contributed by atoms with Crippen LogP contribution in [0.2, 0.25) is 0 Å². The van der Waals surface area contributed by atoms with Crippen molar-refractivity contribution in [3.63, 3.8) is 0 Å². The quantitative estimate of drug-likeness (QED) is 0.761. The predicted molar refractivity (Wildman–Crippen MR) is 58.8 cm³/mol. The topological polar surface area (TPSA) is 80.2 Å². The largest absolute Gasteiger partial charge is 0.312 e. The van der Waals surface area contributed by atoms with Gasteiger partial charge in [0.25, 0.3) is 0 Å². The molecule has 5 nitrogen and oxygen atoms in total. The van der Waals surface area contributed by atoms with Gasteiger partial charge < -0.3 is 0 Å². The lowest BCUT2D eigenvalue weighted by atomic mass is 10.1. The SMILES string of the molecule is Cc1cc(C)c2ccc(S(=O)(=O)O)nc2n1. The van der Waals surface area contributed by atoms with E-state index in [1.165, 1.54) is 6.07 Å². The highest BCUT2D eigenvalue weighted by molar-refractivity contribution is 7.85. The van der Waals surface area contributed by atoms with Crippen LogP contribution in [0.15, 0.2) is 23.2 Å². The first kappa shape index (κ1) is 11.0. The first-order valence-electron chi connectivity index (χ1n) is 4.60. The van der Waals surface area contributed by atoms with Gasteiger partial charge in [0.2, 0.25) is 0 Å². The van der Waals surface area contributed by atoms with Crippen LogP contribution in [0.3, 0.4) is 0 Å². The first-order chi connectivity index (χ1) is 7.38. The average molecular weight is 238 g/mol. The molecule has 2 aromatic heterocycles. The Morgan fingerprint density at radius 3 is 2.50 bits per heavy atom. The van der Waals surface area contributed by atoms with Gasteiger partial charge in [0, 0.05) is 11.1 Å². The van der Waals surface area contributed by atoms with Crippen LogP contribution in [0.5, 0.6) is 0 Å². The van der Waals surface area contributed by atoms with E-state index in [1.54, 1.807) is 13.0 Å². The molecule has 2 heterocycles. The molecule has 0 saturated heterocycles. The summed E-state index contributed by atoms with van der Waals surface area (Å²) in [4.78, 5) is 7.94. The Balaban J connectivity index is 2.81. The molecule has 0 unspecified atom stereocenters. The van der Waals surface area contributed by atoms with Crippen molar-refractivity contribution in [2.75, 3.05) is 0 Å². The van der Waals surface area contributed by atoms with Crippen molar-refractivity contribution in [1.82, 2.24) is 9.97 Å². The van der Waals surface area contributed by atoms with E-state index in [1.807, 2.05) is 13.0 Å². The van der Waals surface area contributed by atoms with Gasteiger partial charge in [-0.05, 0) is 37.6 Å². The van der Waals surface area contributed by atoms with E-state index in [9.17, 15) is 8.42 Å².